The number of benzene rings is 2. The molecule has 0 unspecified atom stereocenters. The van der Waals surface area contributed by atoms with E-state index in [9.17, 15) is 0 Å². The fraction of sp³-hybridized carbons (Fsp3) is 0.0625. The van der Waals surface area contributed by atoms with Gasteiger partial charge in [-0.2, -0.15) is 0 Å². The zero-order valence-electron chi connectivity index (χ0n) is 10.3. The van der Waals surface area contributed by atoms with Crippen molar-refractivity contribution in [2.24, 2.45) is 0 Å². The van der Waals surface area contributed by atoms with E-state index in [0.29, 0.717) is 29.0 Å². The molecule has 0 fully saturated rings. The molecule has 0 amide bonds. The first-order chi connectivity index (χ1) is 9.24. The van der Waals surface area contributed by atoms with Gasteiger partial charge in [0.25, 0.3) is 0 Å². The molecule has 0 saturated heterocycles. The average molecular weight is 439 g/mol. The monoisotopic (exact) mass is 442 g/mol. The van der Waals surface area contributed by atoms with Gasteiger partial charge in [-0.1, -0.05) is 0 Å². The van der Waals surface area contributed by atoms with Crippen LogP contribution in [-0.4, -0.2) is 44.6 Å². The van der Waals surface area contributed by atoms with Crippen LogP contribution in [0.2, 0.25) is 0 Å². The Balaban J connectivity index is 2.37. The van der Waals surface area contributed by atoms with Crippen LogP contribution in [0.4, 0.5) is 0 Å². The molecule has 0 atom stereocenters. The van der Waals surface area contributed by atoms with Gasteiger partial charge in [0.1, 0.15) is 0 Å². The molecule has 0 nitrogen and oxygen atoms in total. The normalized spacial score (nSPS) is 11.6. The van der Waals surface area contributed by atoms with E-state index >= 15 is 0 Å². The predicted molar refractivity (Wildman–Crippen MR) is 86.6 cm³/mol. The van der Waals surface area contributed by atoms with Gasteiger partial charge in [-0.05, 0) is 0 Å². The van der Waals surface area contributed by atoms with Crippen LogP contribution in [0.25, 0.3) is 28.9 Å². The molecule has 0 aliphatic carbocycles. The van der Waals surface area contributed by atoms with Gasteiger partial charge in [0.15, 0.2) is 0 Å². The Bertz CT molecular complexity index is 989. The second-order valence-electron chi connectivity index (χ2n) is 4.69. The summed E-state index contributed by atoms with van der Waals surface area (Å²) in [5, 5.41) is 4.50. The van der Waals surface area contributed by atoms with Crippen LogP contribution in [0.1, 0.15) is 5.56 Å². The van der Waals surface area contributed by atoms with Crippen LogP contribution in [0.3, 0.4) is 0 Å². The molecule has 0 aliphatic heterocycles. The van der Waals surface area contributed by atoms with Crippen LogP contribution < -0.4 is 0 Å². The summed E-state index contributed by atoms with van der Waals surface area (Å²) >= 11 is 4.24. The van der Waals surface area contributed by atoms with Crippen molar-refractivity contribution in [1.82, 2.24) is 0 Å². The summed E-state index contributed by atoms with van der Waals surface area (Å²) in [4.78, 5) is 0. The topological polar surface area (TPSA) is 0 Å². The van der Waals surface area contributed by atoms with E-state index < -0.39 is 0 Å². The van der Waals surface area contributed by atoms with Crippen LogP contribution in [0.15, 0.2) is 42.5 Å². The van der Waals surface area contributed by atoms with Crippen molar-refractivity contribution in [2.75, 3.05) is 0 Å². The minimum atomic E-state index is 0.442. The molecule has 2 aromatic heterocycles. The van der Waals surface area contributed by atoms with E-state index in [-0.39, 0.29) is 0 Å². The van der Waals surface area contributed by atoms with Crippen molar-refractivity contribution < 1.29 is 0 Å². The molecule has 19 heavy (non-hydrogen) atoms. The van der Waals surface area contributed by atoms with Crippen LogP contribution >= 0.6 is 0 Å². The molecule has 4 rings (SSSR count). The van der Waals surface area contributed by atoms with Gasteiger partial charge in [0.2, 0.25) is 0 Å². The van der Waals surface area contributed by atoms with Crippen molar-refractivity contribution in [1.29, 1.82) is 0 Å². The van der Waals surface area contributed by atoms with Gasteiger partial charge in [0, 0.05) is 0 Å². The quantitative estimate of drug-likeness (QED) is 0.369. The molecule has 0 bridgehead atoms. The summed E-state index contributed by atoms with van der Waals surface area (Å²) in [7, 11) is 0. The first kappa shape index (κ1) is 12.4. The van der Waals surface area contributed by atoms with E-state index in [4.69, 9.17) is 0 Å². The summed E-state index contributed by atoms with van der Waals surface area (Å²) in [6.07, 6.45) is 0. The zero-order chi connectivity index (χ0) is 13.0. The molecule has 0 aliphatic rings. The Kier molecular flexibility index (Phi) is 2.97. The fourth-order valence-corrected chi connectivity index (χ4v) is 9.70. The first-order valence-corrected chi connectivity index (χ1v) is 10.4. The van der Waals surface area contributed by atoms with E-state index in [1.807, 2.05) is 0 Å². The van der Waals surface area contributed by atoms with E-state index in [0.717, 1.165) is 0 Å². The molecule has 0 radical (unpaired) electrons. The molecule has 2 heterocycles. The SMILES string of the molecule is Cc1ccc2c(c1)[se]c1c3ccccc3[se]c(=[Se])c21. The van der Waals surface area contributed by atoms with Gasteiger partial charge in [-0.25, -0.2) is 0 Å². The van der Waals surface area contributed by atoms with Crippen molar-refractivity contribution in [3.8, 4) is 0 Å². The molecule has 92 valence electrons. The van der Waals surface area contributed by atoms with Crippen molar-refractivity contribution in [3.05, 3.63) is 51.0 Å². The maximum atomic E-state index is 3.34. The molecule has 4 aromatic rings. The summed E-state index contributed by atoms with van der Waals surface area (Å²) in [5.41, 5.74) is 1.38. The predicted octanol–water partition coefficient (Wildman–Crippen LogP) is 3.27. The van der Waals surface area contributed by atoms with E-state index in [1.165, 1.54) is 28.9 Å². The summed E-state index contributed by atoms with van der Waals surface area (Å²) in [6.45, 7) is 2.19. The van der Waals surface area contributed by atoms with Gasteiger partial charge >= 0.3 is 131 Å². The van der Waals surface area contributed by atoms with Crippen LogP contribution in [0.5, 0.6) is 0 Å². The molecule has 0 N–H and O–H groups in total. The first-order valence-electron chi connectivity index (χ1n) is 6.09. The molecule has 0 saturated carbocycles. The molecule has 0 spiro atoms. The van der Waals surface area contributed by atoms with Crippen LogP contribution in [0, 0.1) is 9.86 Å². The fourth-order valence-electron chi connectivity index (χ4n) is 2.49. The average Bonchev–Trinajstić information content (AvgIpc) is 2.78. The minimum absolute atomic E-state index is 0.442. The number of aryl methyl sites for hydroxylation is 1. The Morgan fingerprint density at radius 1 is 0.895 bits per heavy atom. The van der Waals surface area contributed by atoms with E-state index in [2.05, 4.69) is 65.0 Å². The van der Waals surface area contributed by atoms with E-state index in [1.54, 1.807) is 8.52 Å². The molecule has 2 aromatic carbocycles. The number of rotatable bonds is 0. The Morgan fingerprint density at radius 2 is 1.74 bits per heavy atom. The summed E-state index contributed by atoms with van der Waals surface area (Å²) in [6, 6.07) is 15.9. The standard InChI is InChI=1S/C16H10Se3/c1-9-6-7-10-13(8-9)18-15-11-4-2-3-5-12(11)19-16(17)14(10)15/h2-8H,1H3. The number of hydrogen-bond acceptors (Lipinski definition) is 0. The number of fused-ring (bicyclic) bond motifs is 5. The van der Waals surface area contributed by atoms with Crippen molar-refractivity contribution >= 4 is 73.5 Å². The van der Waals surface area contributed by atoms with Gasteiger partial charge in [-0.3, -0.25) is 0 Å². The third-order valence-electron chi connectivity index (χ3n) is 3.38. The second kappa shape index (κ2) is 4.57. The summed E-state index contributed by atoms with van der Waals surface area (Å²) < 4.78 is 6.16. The third-order valence-corrected chi connectivity index (χ3v) is 9.23. The van der Waals surface area contributed by atoms with Crippen molar-refractivity contribution in [3.63, 3.8) is 0 Å². The molecular formula is C16H10Se3. The maximum absolute atomic E-state index is 3.34. The number of hydrogen-bond donors (Lipinski definition) is 0. The molecule has 3 heteroatoms. The molecular weight excluding hydrogens is 429 g/mol. The van der Waals surface area contributed by atoms with Gasteiger partial charge in [0.05, 0.1) is 0 Å². The van der Waals surface area contributed by atoms with Crippen molar-refractivity contribution in [2.45, 2.75) is 6.92 Å². The second-order valence-corrected chi connectivity index (χ2v) is 11.3. The third kappa shape index (κ3) is 1.89. The van der Waals surface area contributed by atoms with Crippen LogP contribution in [-0.2, 0) is 0 Å². The Hall–Kier alpha value is -0.392. The Morgan fingerprint density at radius 3 is 2.63 bits per heavy atom. The zero-order valence-corrected chi connectivity index (χ0v) is 15.4. The van der Waals surface area contributed by atoms with Gasteiger partial charge in [-0.15, -0.1) is 0 Å². The summed E-state index contributed by atoms with van der Waals surface area (Å²) in [5.74, 6) is 0. The Labute approximate surface area is 130 Å². The van der Waals surface area contributed by atoms with Gasteiger partial charge < -0.3 is 0 Å².